The fourth-order valence-corrected chi connectivity index (χ4v) is 2.17. The van der Waals surface area contributed by atoms with E-state index in [0.717, 1.165) is 5.56 Å². The second kappa shape index (κ2) is 3.85. The zero-order valence-corrected chi connectivity index (χ0v) is 9.55. The molecule has 0 saturated heterocycles. The molecule has 0 aromatic heterocycles. The van der Waals surface area contributed by atoms with E-state index < -0.39 is 6.10 Å². The number of nitrogens with two attached hydrogens (primary N) is 1. The molecule has 18 heavy (non-hydrogen) atoms. The standard InChI is InChI=1S/C14H12N2O2/c15-14(16)10-6-3-5-9-12(17)8-4-1-2-7-11(8)18-13(9)10/h1-7,12,17H,(H3,15,16). The number of amidine groups is 1. The van der Waals surface area contributed by atoms with E-state index in [1.54, 1.807) is 24.3 Å². The Labute approximate surface area is 104 Å². The molecule has 90 valence electrons. The van der Waals surface area contributed by atoms with Gasteiger partial charge in [0.15, 0.2) is 0 Å². The van der Waals surface area contributed by atoms with Gasteiger partial charge in [0.1, 0.15) is 23.4 Å². The van der Waals surface area contributed by atoms with Gasteiger partial charge in [-0.25, -0.2) is 0 Å². The monoisotopic (exact) mass is 240 g/mol. The maximum Gasteiger partial charge on any atom is 0.144 e. The number of ether oxygens (including phenoxy) is 1. The quantitative estimate of drug-likeness (QED) is 0.528. The maximum atomic E-state index is 10.3. The number of aliphatic hydroxyl groups is 1. The van der Waals surface area contributed by atoms with Crippen molar-refractivity contribution in [2.45, 2.75) is 6.10 Å². The van der Waals surface area contributed by atoms with E-state index in [4.69, 9.17) is 15.9 Å². The summed E-state index contributed by atoms with van der Waals surface area (Å²) in [5, 5.41) is 17.9. The fourth-order valence-electron chi connectivity index (χ4n) is 2.17. The molecule has 1 heterocycles. The van der Waals surface area contributed by atoms with Gasteiger partial charge in [0, 0.05) is 11.1 Å². The summed E-state index contributed by atoms with van der Waals surface area (Å²) in [6.07, 6.45) is -0.746. The van der Waals surface area contributed by atoms with Gasteiger partial charge in [-0.1, -0.05) is 30.3 Å². The molecular formula is C14H12N2O2. The normalized spacial score (nSPS) is 16.4. The van der Waals surface area contributed by atoms with Crippen molar-refractivity contribution in [1.29, 1.82) is 5.41 Å². The Kier molecular flexibility index (Phi) is 2.31. The molecule has 1 unspecified atom stereocenters. The van der Waals surface area contributed by atoms with Gasteiger partial charge < -0.3 is 15.6 Å². The van der Waals surface area contributed by atoms with E-state index in [-0.39, 0.29) is 5.84 Å². The lowest BCUT2D eigenvalue weighted by Crippen LogP contribution is -2.17. The molecule has 0 radical (unpaired) electrons. The minimum absolute atomic E-state index is 0.0709. The lowest BCUT2D eigenvalue weighted by molar-refractivity contribution is 0.203. The molecule has 0 amide bonds. The molecule has 4 heteroatoms. The molecule has 0 fully saturated rings. The second-order valence-corrected chi connectivity index (χ2v) is 4.18. The predicted molar refractivity (Wildman–Crippen MR) is 68.0 cm³/mol. The minimum atomic E-state index is -0.746. The summed E-state index contributed by atoms with van der Waals surface area (Å²) in [4.78, 5) is 0. The molecule has 2 aromatic rings. The number of benzene rings is 2. The van der Waals surface area contributed by atoms with Crippen molar-refractivity contribution in [2.24, 2.45) is 5.73 Å². The average molecular weight is 240 g/mol. The summed E-state index contributed by atoms with van der Waals surface area (Å²) in [6, 6.07) is 12.6. The summed E-state index contributed by atoms with van der Waals surface area (Å²) in [6.45, 7) is 0. The van der Waals surface area contributed by atoms with Crippen LogP contribution in [0.25, 0.3) is 0 Å². The zero-order chi connectivity index (χ0) is 12.7. The first kappa shape index (κ1) is 10.8. The zero-order valence-electron chi connectivity index (χ0n) is 9.55. The number of aliphatic hydroxyl groups excluding tert-OH is 1. The molecule has 4 nitrogen and oxygen atoms in total. The molecule has 0 saturated carbocycles. The highest BCUT2D eigenvalue weighted by Crippen LogP contribution is 2.43. The third-order valence-corrected chi connectivity index (χ3v) is 3.06. The molecule has 1 atom stereocenters. The number of hydrogen-bond donors (Lipinski definition) is 3. The number of para-hydroxylation sites is 2. The van der Waals surface area contributed by atoms with Crippen LogP contribution in [0.15, 0.2) is 42.5 Å². The Morgan fingerprint density at radius 1 is 1.11 bits per heavy atom. The van der Waals surface area contributed by atoms with Gasteiger partial charge in [0.25, 0.3) is 0 Å². The van der Waals surface area contributed by atoms with Crippen molar-refractivity contribution in [3.05, 3.63) is 59.2 Å². The highest BCUT2D eigenvalue weighted by atomic mass is 16.5. The largest absolute Gasteiger partial charge is 0.456 e. The van der Waals surface area contributed by atoms with Gasteiger partial charge in [0.05, 0.1) is 5.56 Å². The van der Waals surface area contributed by atoms with Crippen LogP contribution in [-0.2, 0) is 0 Å². The van der Waals surface area contributed by atoms with Gasteiger partial charge in [-0.3, -0.25) is 5.41 Å². The van der Waals surface area contributed by atoms with Gasteiger partial charge >= 0.3 is 0 Å². The van der Waals surface area contributed by atoms with Crippen molar-refractivity contribution < 1.29 is 9.84 Å². The van der Waals surface area contributed by atoms with Gasteiger partial charge in [-0.15, -0.1) is 0 Å². The smallest absolute Gasteiger partial charge is 0.144 e. The van der Waals surface area contributed by atoms with E-state index in [2.05, 4.69) is 0 Å². The van der Waals surface area contributed by atoms with Crippen LogP contribution in [-0.4, -0.2) is 10.9 Å². The van der Waals surface area contributed by atoms with Gasteiger partial charge in [-0.2, -0.15) is 0 Å². The summed E-state index contributed by atoms with van der Waals surface area (Å²) in [5.74, 6) is 1.00. The van der Waals surface area contributed by atoms with Crippen LogP contribution in [0.1, 0.15) is 22.8 Å². The van der Waals surface area contributed by atoms with Crippen molar-refractivity contribution >= 4 is 5.84 Å². The van der Waals surface area contributed by atoms with E-state index in [1.807, 2.05) is 18.2 Å². The van der Waals surface area contributed by atoms with E-state index >= 15 is 0 Å². The first-order valence-corrected chi connectivity index (χ1v) is 5.60. The van der Waals surface area contributed by atoms with Crippen LogP contribution in [0.4, 0.5) is 0 Å². The van der Waals surface area contributed by atoms with Crippen molar-refractivity contribution in [2.75, 3.05) is 0 Å². The van der Waals surface area contributed by atoms with Crippen LogP contribution in [0.5, 0.6) is 11.5 Å². The number of nitrogens with one attached hydrogen (secondary N) is 1. The molecular weight excluding hydrogens is 228 g/mol. The fraction of sp³-hybridized carbons (Fsp3) is 0.0714. The van der Waals surface area contributed by atoms with Crippen LogP contribution in [0, 0.1) is 5.41 Å². The molecule has 0 aliphatic carbocycles. The van der Waals surface area contributed by atoms with Crippen LogP contribution in [0.2, 0.25) is 0 Å². The summed E-state index contributed by atoms with van der Waals surface area (Å²) in [7, 11) is 0. The van der Waals surface area contributed by atoms with Crippen LogP contribution >= 0.6 is 0 Å². The van der Waals surface area contributed by atoms with Gasteiger partial charge in [0.2, 0.25) is 0 Å². The number of rotatable bonds is 1. The molecule has 0 spiro atoms. The third kappa shape index (κ3) is 1.47. The Hall–Kier alpha value is -2.33. The maximum absolute atomic E-state index is 10.3. The van der Waals surface area contributed by atoms with Crippen molar-refractivity contribution in [3.63, 3.8) is 0 Å². The second-order valence-electron chi connectivity index (χ2n) is 4.18. The number of fused-ring (bicyclic) bond motifs is 2. The molecule has 3 rings (SSSR count). The Morgan fingerprint density at radius 2 is 1.83 bits per heavy atom. The van der Waals surface area contributed by atoms with E-state index in [1.165, 1.54) is 0 Å². The summed E-state index contributed by atoms with van der Waals surface area (Å²) < 4.78 is 5.76. The topological polar surface area (TPSA) is 79.3 Å². The van der Waals surface area contributed by atoms with E-state index in [9.17, 15) is 5.11 Å². The molecule has 1 aliphatic rings. The first-order chi connectivity index (χ1) is 8.68. The van der Waals surface area contributed by atoms with Crippen LogP contribution < -0.4 is 10.5 Å². The molecule has 4 N–H and O–H groups in total. The lowest BCUT2D eigenvalue weighted by atomic mass is 9.95. The SMILES string of the molecule is N=C(N)c1cccc2c1Oc1ccccc1C2O. The Bertz CT molecular complexity index is 637. The molecule has 2 aromatic carbocycles. The van der Waals surface area contributed by atoms with Crippen LogP contribution in [0.3, 0.4) is 0 Å². The summed E-state index contributed by atoms with van der Waals surface area (Å²) >= 11 is 0. The first-order valence-electron chi connectivity index (χ1n) is 5.60. The number of nitrogen functional groups attached to an aromatic ring is 1. The van der Waals surface area contributed by atoms with Gasteiger partial charge in [-0.05, 0) is 12.1 Å². The Balaban J connectivity index is 2.22. The highest BCUT2D eigenvalue weighted by molar-refractivity contribution is 5.98. The van der Waals surface area contributed by atoms with E-state index in [0.29, 0.717) is 22.6 Å². The predicted octanol–water partition coefficient (Wildman–Crippen LogP) is 2.16. The molecule has 0 bridgehead atoms. The minimum Gasteiger partial charge on any atom is -0.456 e. The average Bonchev–Trinajstić information content (AvgIpc) is 2.38. The molecule has 1 aliphatic heterocycles. The summed E-state index contributed by atoms with van der Waals surface area (Å²) in [5.41, 5.74) is 7.39. The lowest BCUT2D eigenvalue weighted by Gasteiger charge is -2.26. The highest BCUT2D eigenvalue weighted by Gasteiger charge is 2.27. The van der Waals surface area contributed by atoms with Crippen molar-refractivity contribution in [1.82, 2.24) is 0 Å². The number of hydrogen-bond acceptors (Lipinski definition) is 3. The third-order valence-electron chi connectivity index (χ3n) is 3.06. The van der Waals surface area contributed by atoms with Crippen molar-refractivity contribution in [3.8, 4) is 11.5 Å². The Morgan fingerprint density at radius 3 is 2.61 bits per heavy atom.